The number of aryl methyl sites for hydroxylation is 1. The summed E-state index contributed by atoms with van der Waals surface area (Å²) >= 11 is 1.37. The number of carbonyl (C=O) groups excluding carboxylic acids is 1. The van der Waals surface area contributed by atoms with Gasteiger partial charge in [0.05, 0.1) is 0 Å². The SMILES string of the molecule is CCc1c[nH]c2ccc(-c3nnc(N(C)C(=O)OC(C)(C)C)s3)cc12. The minimum absolute atomic E-state index is 0.440. The monoisotopic (exact) mass is 358 g/mol. The lowest BCUT2D eigenvalue weighted by atomic mass is 10.1. The second-order valence-electron chi connectivity index (χ2n) is 6.86. The number of anilines is 1. The molecule has 2 aromatic heterocycles. The van der Waals surface area contributed by atoms with Gasteiger partial charge in [0.1, 0.15) is 10.6 Å². The van der Waals surface area contributed by atoms with Gasteiger partial charge in [0, 0.05) is 29.7 Å². The van der Waals surface area contributed by atoms with Crippen LogP contribution in [0, 0.1) is 0 Å². The number of aromatic nitrogens is 3. The molecule has 7 heteroatoms. The lowest BCUT2D eigenvalue weighted by Crippen LogP contribution is -2.34. The Hall–Kier alpha value is -2.41. The Balaban J connectivity index is 1.87. The van der Waals surface area contributed by atoms with Crippen LogP contribution in [-0.2, 0) is 11.2 Å². The average molecular weight is 358 g/mol. The van der Waals surface area contributed by atoms with Gasteiger partial charge in [-0.3, -0.25) is 4.90 Å². The molecule has 0 saturated heterocycles. The van der Waals surface area contributed by atoms with Crippen LogP contribution in [0.1, 0.15) is 33.3 Å². The van der Waals surface area contributed by atoms with E-state index in [2.05, 4.69) is 28.2 Å². The lowest BCUT2D eigenvalue weighted by molar-refractivity contribution is 0.0589. The summed E-state index contributed by atoms with van der Waals surface area (Å²) in [4.78, 5) is 16.8. The molecule has 0 atom stereocenters. The fourth-order valence-electron chi connectivity index (χ4n) is 2.48. The van der Waals surface area contributed by atoms with Crippen molar-refractivity contribution in [1.82, 2.24) is 15.2 Å². The fourth-order valence-corrected chi connectivity index (χ4v) is 3.27. The molecule has 6 nitrogen and oxygen atoms in total. The maximum atomic E-state index is 12.2. The molecular formula is C18H22N4O2S. The number of hydrogen-bond donors (Lipinski definition) is 1. The molecule has 25 heavy (non-hydrogen) atoms. The second kappa shape index (κ2) is 6.48. The average Bonchev–Trinajstić information content (AvgIpc) is 3.18. The van der Waals surface area contributed by atoms with E-state index < -0.39 is 11.7 Å². The molecule has 1 aromatic carbocycles. The largest absolute Gasteiger partial charge is 0.443 e. The van der Waals surface area contributed by atoms with Crippen LogP contribution in [0.15, 0.2) is 24.4 Å². The number of carbonyl (C=O) groups is 1. The maximum Gasteiger partial charge on any atom is 0.416 e. The maximum absolute atomic E-state index is 12.2. The van der Waals surface area contributed by atoms with Gasteiger partial charge < -0.3 is 9.72 Å². The highest BCUT2D eigenvalue weighted by molar-refractivity contribution is 7.18. The molecule has 0 radical (unpaired) electrons. The number of ether oxygens (including phenoxy) is 1. The number of nitrogens with zero attached hydrogens (tertiary/aromatic N) is 3. The number of nitrogens with one attached hydrogen (secondary N) is 1. The van der Waals surface area contributed by atoms with E-state index in [1.165, 1.54) is 27.2 Å². The van der Waals surface area contributed by atoms with Gasteiger partial charge in [0.2, 0.25) is 5.13 Å². The normalized spacial score (nSPS) is 11.7. The van der Waals surface area contributed by atoms with Gasteiger partial charge in [-0.2, -0.15) is 0 Å². The molecule has 0 saturated carbocycles. The van der Waals surface area contributed by atoms with Gasteiger partial charge in [-0.05, 0) is 51.0 Å². The number of aromatic amines is 1. The van der Waals surface area contributed by atoms with Crippen LogP contribution < -0.4 is 4.90 Å². The van der Waals surface area contributed by atoms with Crippen LogP contribution in [0.4, 0.5) is 9.93 Å². The van der Waals surface area contributed by atoms with Gasteiger partial charge in [-0.25, -0.2) is 4.79 Å². The van der Waals surface area contributed by atoms with E-state index in [-0.39, 0.29) is 0 Å². The van der Waals surface area contributed by atoms with E-state index in [1.54, 1.807) is 7.05 Å². The summed E-state index contributed by atoms with van der Waals surface area (Å²) in [5.74, 6) is 0. The molecule has 0 bridgehead atoms. The summed E-state index contributed by atoms with van der Waals surface area (Å²) in [6.45, 7) is 7.64. The third-order valence-electron chi connectivity index (χ3n) is 3.76. The Morgan fingerprint density at radius 3 is 2.76 bits per heavy atom. The summed E-state index contributed by atoms with van der Waals surface area (Å²) in [6.07, 6.45) is 2.56. The first-order valence-corrected chi connectivity index (χ1v) is 9.00. The van der Waals surface area contributed by atoms with Gasteiger partial charge in [0.15, 0.2) is 0 Å². The Morgan fingerprint density at radius 1 is 1.32 bits per heavy atom. The molecule has 3 rings (SSSR count). The van der Waals surface area contributed by atoms with Gasteiger partial charge in [-0.1, -0.05) is 18.3 Å². The predicted molar refractivity (Wildman–Crippen MR) is 101 cm³/mol. The first kappa shape index (κ1) is 17.4. The number of hydrogen-bond acceptors (Lipinski definition) is 5. The lowest BCUT2D eigenvalue weighted by Gasteiger charge is -2.22. The molecule has 0 aliphatic carbocycles. The number of rotatable bonds is 3. The number of amides is 1. The minimum Gasteiger partial charge on any atom is -0.443 e. The Kier molecular flexibility index (Phi) is 4.51. The van der Waals surface area contributed by atoms with Crippen molar-refractivity contribution in [3.63, 3.8) is 0 Å². The van der Waals surface area contributed by atoms with Crippen LogP contribution in [0.25, 0.3) is 21.5 Å². The first-order chi connectivity index (χ1) is 11.8. The van der Waals surface area contributed by atoms with Crippen molar-refractivity contribution in [3.05, 3.63) is 30.0 Å². The highest BCUT2D eigenvalue weighted by Crippen LogP contribution is 2.31. The molecular weight excluding hydrogens is 336 g/mol. The highest BCUT2D eigenvalue weighted by Gasteiger charge is 2.23. The standard InChI is InChI=1S/C18H22N4O2S/c1-6-11-10-19-14-8-7-12(9-13(11)14)15-20-21-16(25-15)22(5)17(23)24-18(2,3)4/h7-10,19H,6H2,1-5H3. The molecule has 132 valence electrons. The summed E-state index contributed by atoms with van der Waals surface area (Å²) in [6, 6.07) is 6.17. The summed E-state index contributed by atoms with van der Waals surface area (Å²) in [7, 11) is 1.64. The van der Waals surface area contributed by atoms with E-state index >= 15 is 0 Å². The summed E-state index contributed by atoms with van der Waals surface area (Å²) < 4.78 is 5.37. The molecule has 2 heterocycles. The molecule has 0 unspecified atom stereocenters. The van der Waals surface area contributed by atoms with Crippen LogP contribution in [0.5, 0.6) is 0 Å². The van der Waals surface area contributed by atoms with Crippen LogP contribution in [0.2, 0.25) is 0 Å². The zero-order chi connectivity index (χ0) is 18.2. The minimum atomic E-state index is -0.547. The van der Waals surface area contributed by atoms with Crippen LogP contribution >= 0.6 is 11.3 Å². The molecule has 0 aliphatic rings. The van der Waals surface area contributed by atoms with Crippen molar-refractivity contribution in [2.24, 2.45) is 0 Å². The molecule has 0 aliphatic heterocycles. The van der Waals surface area contributed by atoms with Crippen LogP contribution in [0.3, 0.4) is 0 Å². The summed E-state index contributed by atoms with van der Waals surface area (Å²) in [5.41, 5.74) is 2.82. The van der Waals surface area contributed by atoms with Gasteiger partial charge >= 0.3 is 6.09 Å². The number of benzene rings is 1. The van der Waals surface area contributed by atoms with E-state index in [1.807, 2.05) is 39.1 Å². The Bertz CT molecular complexity index is 907. The van der Waals surface area contributed by atoms with Gasteiger partial charge in [-0.15, -0.1) is 10.2 Å². The van der Waals surface area contributed by atoms with E-state index in [4.69, 9.17) is 4.74 Å². The fraction of sp³-hybridized carbons (Fsp3) is 0.389. The third-order valence-corrected chi connectivity index (χ3v) is 4.81. The zero-order valence-electron chi connectivity index (χ0n) is 15.1. The van der Waals surface area contributed by atoms with E-state index in [0.29, 0.717) is 5.13 Å². The van der Waals surface area contributed by atoms with Crippen molar-refractivity contribution < 1.29 is 9.53 Å². The smallest absolute Gasteiger partial charge is 0.416 e. The van der Waals surface area contributed by atoms with E-state index in [0.717, 1.165) is 22.5 Å². The Labute approximate surface area is 150 Å². The number of fused-ring (bicyclic) bond motifs is 1. The Morgan fingerprint density at radius 2 is 2.08 bits per heavy atom. The molecule has 3 aromatic rings. The molecule has 1 N–H and O–H groups in total. The highest BCUT2D eigenvalue weighted by atomic mass is 32.1. The first-order valence-electron chi connectivity index (χ1n) is 8.19. The van der Waals surface area contributed by atoms with Crippen molar-refractivity contribution in [2.75, 3.05) is 11.9 Å². The summed E-state index contributed by atoms with van der Waals surface area (Å²) in [5, 5.41) is 10.9. The molecule has 0 spiro atoms. The zero-order valence-corrected chi connectivity index (χ0v) is 15.9. The molecule has 1 amide bonds. The topological polar surface area (TPSA) is 71.1 Å². The van der Waals surface area contributed by atoms with E-state index in [9.17, 15) is 4.79 Å². The van der Waals surface area contributed by atoms with Gasteiger partial charge in [0.25, 0.3) is 0 Å². The van der Waals surface area contributed by atoms with Crippen molar-refractivity contribution in [1.29, 1.82) is 0 Å². The second-order valence-corrected chi connectivity index (χ2v) is 7.81. The molecule has 0 fully saturated rings. The van der Waals surface area contributed by atoms with Crippen molar-refractivity contribution in [3.8, 4) is 10.6 Å². The van der Waals surface area contributed by atoms with Crippen LogP contribution in [-0.4, -0.2) is 33.9 Å². The third kappa shape index (κ3) is 3.66. The van der Waals surface area contributed by atoms with Crippen molar-refractivity contribution >= 4 is 33.5 Å². The van der Waals surface area contributed by atoms with Crippen molar-refractivity contribution in [2.45, 2.75) is 39.7 Å². The predicted octanol–water partition coefficient (Wildman–Crippen LogP) is 4.62. The number of H-pyrrole nitrogens is 1. The quantitative estimate of drug-likeness (QED) is 0.741.